The number of nitrogens with two attached hydrogens (primary N) is 1. The molecule has 0 radical (unpaired) electrons. The molecular formula is C3H6N7S-. The Morgan fingerprint density at radius 2 is 2.36 bits per heavy atom. The van der Waals surface area contributed by atoms with Crippen molar-refractivity contribution in [2.24, 2.45) is 5.73 Å². The lowest BCUT2D eigenvalue weighted by Crippen LogP contribution is -2.54. The zero-order valence-corrected chi connectivity index (χ0v) is 6.22. The van der Waals surface area contributed by atoms with Gasteiger partial charge in [0.2, 0.25) is 0 Å². The molecule has 0 aliphatic carbocycles. The highest BCUT2D eigenvalue weighted by molar-refractivity contribution is 7.58. The molecule has 0 bridgehead atoms. The maximum absolute atomic E-state index is 5.47. The fourth-order valence-corrected chi connectivity index (χ4v) is 0.961. The van der Waals surface area contributed by atoms with Gasteiger partial charge in [-0.15, -0.1) is 5.10 Å². The molecule has 1 aromatic rings. The summed E-state index contributed by atoms with van der Waals surface area (Å²) in [4.78, 5) is 0. The fraction of sp³-hybridized carbons (Fsp3) is 0.333. The molecule has 0 aromatic carbocycles. The van der Waals surface area contributed by atoms with Crippen LogP contribution < -0.4 is 22.0 Å². The summed E-state index contributed by atoms with van der Waals surface area (Å²) < 4.78 is 1.50. The van der Waals surface area contributed by atoms with Crippen molar-refractivity contribution in [3.63, 3.8) is 0 Å². The van der Waals surface area contributed by atoms with Crippen LogP contribution in [-0.2, 0) is 12.6 Å². The van der Waals surface area contributed by atoms with Crippen molar-refractivity contribution in [2.75, 3.05) is 10.9 Å². The van der Waals surface area contributed by atoms with Crippen molar-refractivity contribution in [2.45, 2.75) is 11.4 Å². The van der Waals surface area contributed by atoms with Gasteiger partial charge in [-0.1, -0.05) is 0 Å². The Kier molecular flexibility index (Phi) is 1.31. The lowest BCUT2D eigenvalue weighted by molar-refractivity contribution is 0.525. The highest BCUT2D eigenvalue weighted by Gasteiger charge is 2.13. The van der Waals surface area contributed by atoms with Crippen LogP contribution in [0.1, 0.15) is 0 Å². The predicted molar refractivity (Wildman–Crippen MR) is 39.7 cm³/mol. The lowest BCUT2D eigenvalue weighted by atomic mass is 10.8. The molecule has 0 unspecified atom stereocenters. The summed E-state index contributed by atoms with van der Waals surface area (Å²) >= 11 is 4.83. The first kappa shape index (κ1) is 6.58. The van der Waals surface area contributed by atoms with E-state index in [0.717, 1.165) is 0 Å². The molecule has 1 aromatic heterocycles. The Balaban J connectivity index is 2.37. The number of nitrogens with one attached hydrogen (secondary N) is 3. The fourth-order valence-electron chi connectivity index (χ4n) is 0.781. The summed E-state index contributed by atoms with van der Waals surface area (Å²) in [5, 5.41) is 7.70. The Hall–Kier alpha value is -1.12. The van der Waals surface area contributed by atoms with Crippen molar-refractivity contribution in [1.29, 1.82) is 0 Å². The van der Waals surface area contributed by atoms with E-state index in [-0.39, 0.29) is 6.29 Å². The van der Waals surface area contributed by atoms with E-state index in [2.05, 4.69) is 26.5 Å². The first-order valence-corrected chi connectivity index (χ1v) is 3.34. The van der Waals surface area contributed by atoms with Gasteiger partial charge in [-0.05, 0) is 0 Å². The van der Waals surface area contributed by atoms with E-state index >= 15 is 0 Å². The number of hydrazine groups is 1. The van der Waals surface area contributed by atoms with Gasteiger partial charge in [0.1, 0.15) is 0 Å². The number of fused-ring (bicyclic) bond motifs is 1. The molecule has 5 N–H and O–H groups in total. The van der Waals surface area contributed by atoms with Gasteiger partial charge >= 0.3 is 0 Å². The summed E-state index contributed by atoms with van der Waals surface area (Å²) in [6.45, 7) is 0. The van der Waals surface area contributed by atoms with E-state index in [1.54, 1.807) is 0 Å². The summed E-state index contributed by atoms with van der Waals surface area (Å²) in [5.74, 6) is 0.511. The van der Waals surface area contributed by atoms with Gasteiger partial charge in [0.15, 0.2) is 6.29 Å². The molecule has 8 heteroatoms. The summed E-state index contributed by atoms with van der Waals surface area (Å²) in [7, 11) is 0. The Bertz CT molecular complexity index is 269. The van der Waals surface area contributed by atoms with Crippen LogP contribution in [0.5, 0.6) is 0 Å². The normalized spacial score (nSPS) is 21.7. The van der Waals surface area contributed by atoms with Gasteiger partial charge in [0, 0.05) is 5.16 Å². The minimum Gasteiger partial charge on any atom is -0.738 e. The third kappa shape index (κ3) is 0.964. The smallest absolute Gasteiger partial charge is 0.256 e. The number of hydrogen-bond donors (Lipinski definition) is 4. The molecule has 60 valence electrons. The molecule has 2 rings (SSSR count). The molecule has 11 heavy (non-hydrogen) atoms. The highest BCUT2D eigenvalue weighted by atomic mass is 32.1. The van der Waals surface area contributed by atoms with Crippen LogP contribution in [0.2, 0.25) is 0 Å². The van der Waals surface area contributed by atoms with Crippen LogP contribution >= 0.6 is 0 Å². The van der Waals surface area contributed by atoms with E-state index < -0.39 is 0 Å². The van der Waals surface area contributed by atoms with Crippen molar-refractivity contribution in [3.8, 4) is 0 Å². The molecule has 0 spiro atoms. The molecular weight excluding hydrogens is 166 g/mol. The average molecular weight is 172 g/mol. The monoisotopic (exact) mass is 172 g/mol. The maximum Gasteiger partial charge on any atom is 0.256 e. The first-order valence-electron chi connectivity index (χ1n) is 2.93. The second-order valence-corrected chi connectivity index (χ2v) is 2.38. The Morgan fingerprint density at radius 1 is 1.55 bits per heavy atom. The molecule has 7 nitrogen and oxygen atoms in total. The lowest BCUT2D eigenvalue weighted by Gasteiger charge is -2.26. The van der Waals surface area contributed by atoms with Gasteiger partial charge in [0.25, 0.3) is 5.95 Å². The van der Waals surface area contributed by atoms with Crippen LogP contribution in [0.4, 0.5) is 5.95 Å². The summed E-state index contributed by atoms with van der Waals surface area (Å²) in [6, 6.07) is 0. The zero-order valence-electron chi connectivity index (χ0n) is 5.40. The van der Waals surface area contributed by atoms with Gasteiger partial charge in [-0.2, -0.15) is 10.5 Å². The summed E-state index contributed by atoms with van der Waals surface area (Å²) in [5.41, 5.74) is 13.7. The van der Waals surface area contributed by atoms with Gasteiger partial charge in [-0.3, -0.25) is 16.6 Å². The van der Waals surface area contributed by atoms with Crippen molar-refractivity contribution >= 4 is 18.6 Å². The molecule has 1 aliphatic rings. The molecule has 0 fully saturated rings. The quantitative estimate of drug-likeness (QED) is 0.333. The van der Waals surface area contributed by atoms with Crippen LogP contribution in [-0.4, -0.2) is 21.2 Å². The minimum absolute atomic E-state index is 0.351. The number of hydrogen-bond acceptors (Lipinski definition) is 7. The Labute approximate surface area is 67.7 Å². The average Bonchev–Trinajstić information content (AvgIpc) is 2.33. The van der Waals surface area contributed by atoms with Gasteiger partial charge in [0.05, 0.1) is 0 Å². The number of rotatable bonds is 0. The topological polar surface area (TPSA) is 92.8 Å². The van der Waals surface area contributed by atoms with Gasteiger partial charge in [-0.25, -0.2) is 4.68 Å². The Morgan fingerprint density at radius 3 is 3.18 bits per heavy atom. The molecule has 0 saturated heterocycles. The van der Waals surface area contributed by atoms with E-state index in [0.29, 0.717) is 11.1 Å². The van der Waals surface area contributed by atoms with Crippen molar-refractivity contribution < 1.29 is 0 Å². The first-order chi connectivity index (χ1) is 5.27. The number of nitrogens with zero attached hydrogens (tertiary/aromatic N) is 3. The highest BCUT2D eigenvalue weighted by Crippen LogP contribution is 2.05. The van der Waals surface area contributed by atoms with Crippen LogP contribution in [0.3, 0.4) is 0 Å². The van der Waals surface area contributed by atoms with Crippen molar-refractivity contribution in [3.05, 3.63) is 0 Å². The van der Waals surface area contributed by atoms with Crippen molar-refractivity contribution in [1.82, 2.24) is 20.3 Å². The van der Waals surface area contributed by atoms with E-state index in [4.69, 9.17) is 18.4 Å². The number of anilines is 1. The second kappa shape index (κ2) is 2.19. The minimum atomic E-state index is -0.389. The van der Waals surface area contributed by atoms with Crippen LogP contribution in [0, 0.1) is 0 Å². The molecule has 2 heterocycles. The molecule has 0 saturated carbocycles. The zero-order chi connectivity index (χ0) is 7.84. The molecule has 1 atom stereocenters. The summed E-state index contributed by atoms with van der Waals surface area (Å²) in [6.07, 6.45) is -0.389. The molecule has 1 aliphatic heterocycles. The third-order valence-corrected chi connectivity index (χ3v) is 1.51. The maximum atomic E-state index is 5.47. The largest absolute Gasteiger partial charge is 0.738 e. The van der Waals surface area contributed by atoms with Crippen LogP contribution in [0.25, 0.3) is 0 Å². The van der Waals surface area contributed by atoms with E-state index in [9.17, 15) is 0 Å². The predicted octanol–water partition coefficient (Wildman–Crippen LogP) is -2.10. The third-order valence-electron chi connectivity index (χ3n) is 1.24. The number of aromatic nitrogens is 3. The second-order valence-electron chi connectivity index (χ2n) is 2.02. The standard InChI is InChI=1S/C3H7N7S/c4-1-5-6-2-7-8-3(11)10(2)9-1/h1,5,9H,4H2,(H,6,7)(H,8,11)/p-1/t1-/m0/s1. The van der Waals surface area contributed by atoms with Crippen LogP contribution in [0.15, 0.2) is 5.16 Å². The van der Waals surface area contributed by atoms with Gasteiger partial charge < -0.3 is 12.6 Å². The van der Waals surface area contributed by atoms with E-state index in [1.165, 1.54) is 4.68 Å². The SMILES string of the molecule is N[C@H]1NNc2nnc([S-])n2N1. The molecule has 0 amide bonds. The van der Waals surface area contributed by atoms with E-state index in [1.807, 2.05) is 0 Å².